The van der Waals surface area contributed by atoms with Gasteiger partial charge in [0.2, 0.25) is 0 Å². The number of rotatable bonds is 8. The van der Waals surface area contributed by atoms with Gasteiger partial charge in [-0.15, -0.1) is 0 Å². The lowest BCUT2D eigenvalue weighted by Gasteiger charge is -2.18. The molecule has 0 aliphatic carbocycles. The molecular formula is C18H27NO2. The first kappa shape index (κ1) is 17.6. The zero-order chi connectivity index (χ0) is 15.5. The fourth-order valence-corrected chi connectivity index (χ4v) is 2.17. The van der Waals surface area contributed by atoms with Crippen molar-refractivity contribution >= 4 is 0 Å². The topological polar surface area (TPSA) is 32.7 Å². The predicted octanol–water partition coefficient (Wildman–Crippen LogP) is 3.05. The molecule has 1 rings (SSSR count). The molecule has 0 amide bonds. The van der Waals surface area contributed by atoms with E-state index in [2.05, 4.69) is 36.8 Å². The summed E-state index contributed by atoms with van der Waals surface area (Å²) in [6.07, 6.45) is 4.25. The number of hydrogen-bond donors (Lipinski definition) is 1. The molecule has 0 aliphatic rings. The van der Waals surface area contributed by atoms with Gasteiger partial charge in [0, 0.05) is 18.5 Å². The van der Waals surface area contributed by atoms with E-state index >= 15 is 0 Å². The molecule has 1 N–H and O–H groups in total. The number of aliphatic hydroxyl groups is 1. The van der Waals surface area contributed by atoms with Crippen molar-refractivity contribution < 1.29 is 9.84 Å². The molecule has 21 heavy (non-hydrogen) atoms. The highest BCUT2D eigenvalue weighted by molar-refractivity contribution is 5.45. The van der Waals surface area contributed by atoms with Crippen molar-refractivity contribution in [2.24, 2.45) is 0 Å². The minimum atomic E-state index is 0.107. The minimum absolute atomic E-state index is 0.107. The van der Waals surface area contributed by atoms with Crippen LogP contribution in [0.2, 0.25) is 0 Å². The molecular weight excluding hydrogens is 262 g/mol. The molecule has 116 valence electrons. The van der Waals surface area contributed by atoms with E-state index in [9.17, 15) is 0 Å². The summed E-state index contributed by atoms with van der Waals surface area (Å²) in [5.74, 6) is 7.00. The molecule has 0 spiro atoms. The maximum Gasteiger partial charge on any atom is 0.119 e. The smallest absolute Gasteiger partial charge is 0.119 e. The molecule has 0 radical (unpaired) electrons. The molecule has 0 atom stereocenters. The Morgan fingerprint density at radius 3 is 2.76 bits per heavy atom. The van der Waals surface area contributed by atoms with Crippen molar-refractivity contribution in [3.63, 3.8) is 0 Å². The van der Waals surface area contributed by atoms with E-state index in [4.69, 9.17) is 9.84 Å². The minimum Gasteiger partial charge on any atom is -0.497 e. The quantitative estimate of drug-likeness (QED) is 0.590. The highest BCUT2D eigenvalue weighted by Gasteiger charge is 2.06. The summed E-state index contributed by atoms with van der Waals surface area (Å²) in [5, 5.41) is 8.83. The number of unbranched alkanes of at least 4 members (excludes halogenated alkanes) is 2. The Kier molecular flexibility index (Phi) is 8.57. The van der Waals surface area contributed by atoms with Crippen molar-refractivity contribution in [2.45, 2.75) is 39.2 Å². The second-order valence-corrected chi connectivity index (χ2v) is 5.24. The Hall–Kier alpha value is -1.50. The van der Waals surface area contributed by atoms with Gasteiger partial charge in [0.1, 0.15) is 5.75 Å². The van der Waals surface area contributed by atoms with Gasteiger partial charge in [-0.25, -0.2) is 0 Å². The third-order valence-electron chi connectivity index (χ3n) is 3.36. The molecule has 0 fully saturated rings. The van der Waals surface area contributed by atoms with Crippen LogP contribution >= 0.6 is 0 Å². The first-order chi connectivity index (χ1) is 10.2. The number of nitrogens with zero attached hydrogens (tertiary/aromatic N) is 1. The lowest BCUT2D eigenvalue weighted by atomic mass is 10.1. The van der Waals surface area contributed by atoms with E-state index in [-0.39, 0.29) is 6.61 Å². The highest BCUT2D eigenvalue weighted by atomic mass is 16.5. The van der Waals surface area contributed by atoms with Crippen LogP contribution < -0.4 is 4.74 Å². The standard InChI is InChI=1S/C18H27NO2/c1-4-5-7-12-19(2)15-17-14-18(21-3)11-10-16(17)9-6-8-13-20/h10-11,14,20H,4-5,7-8,12-13,15H2,1-3H3. The Labute approximate surface area is 128 Å². The summed E-state index contributed by atoms with van der Waals surface area (Å²) in [4.78, 5) is 2.32. The summed E-state index contributed by atoms with van der Waals surface area (Å²) in [5.41, 5.74) is 2.20. The number of aliphatic hydroxyl groups excluding tert-OH is 1. The van der Waals surface area contributed by atoms with Gasteiger partial charge in [-0.3, -0.25) is 0 Å². The van der Waals surface area contributed by atoms with Crippen molar-refractivity contribution in [1.29, 1.82) is 0 Å². The Bertz CT molecular complexity index is 474. The van der Waals surface area contributed by atoms with Crippen LogP contribution in [0.4, 0.5) is 0 Å². The molecule has 0 saturated carbocycles. The molecule has 0 bridgehead atoms. The Morgan fingerprint density at radius 2 is 2.10 bits per heavy atom. The normalized spacial score (nSPS) is 10.3. The van der Waals surface area contributed by atoms with Gasteiger partial charge >= 0.3 is 0 Å². The third-order valence-corrected chi connectivity index (χ3v) is 3.36. The van der Waals surface area contributed by atoms with Crippen molar-refractivity contribution in [3.05, 3.63) is 29.3 Å². The monoisotopic (exact) mass is 289 g/mol. The molecule has 0 aromatic heterocycles. The fourth-order valence-electron chi connectivity index (χ4n) is 2.17. The van der Waals surface area contributed by atoms with E-state index in [0.717, 1.165) is 24.4 Å². The van der Waals surface area contributed by atoms with Crippen LogP contribution in [-0.2, 0) is 6.54 Å². The largest absolute Gasteiger partial charge is 0.497 e. The molecule has 1 aromatic rings. The number of benzene rings is 1. The van der Waals surface area contributed by atoms with E-state index in [1.807, 2.05) is 12.1 Å². The second kappa shape index (κ2) is 10.3. The summed E-state index contributed by atoms with van der Waals surface area (Å²) in [6.45, 7) is 4.28. The van der Waals surface area contributed by atoms with Gasteiger partial charge in [-0.05, 0) is 43.8 Å². The van der Waals surface area contributed by atoms with Gasteiger partial charge in [-0.2, -0.15) is 0 Å². The summed E-state index contributed by atoms with van der Waals surface area (Å²) < 4.78 is 5.31. The SMILES string of the molecule is CCCCCN(C)Cc1cc(OC)ccc1C#CCCO. The van der Waals surface area contributed by atoms with Gasteiger partial charge in [0.05, 0.1) is 13.7 Å². The van der Waals surface area contributed by atoms with E-state index in [0.29, 0.717) is 6.42 Å². The maximum absolute atomic E-state index is 8.83. The van der Waals surface area contributed by atoms with Gasteiger partial charge in [0.15, 0.2) is 0 Å². The van der Waals surface area contributed by atoms with Crippen LogP contribution in [-0.4, -0.2) is 37.3 Å². The van der Waals surface area contributed by atoms with E-state index in [1.165, 1.54) is 24.8 Å². The molecule has 0 aliphatic heterocycles. The van der Waals surface area contributed by atoms with Crippen molar-refractivity contribution in [2.75, 3.05) is 27.3 Å². The van der Waals surface area contributed by atoms with Crippen LogP contribution in [0.25, 0.3) is 0 Å². The first-order valence-electron chi connectivity index (χ1n) is 7.66. The molecule has 1 aromatic carbocycles. The summed E-state index contributed by atoms with van der Waals surface area (Å²) in [6, 6.07) is 5.99. The number of ether oxygens (including phenoxy) is 1. The summed E-state index contributed by atoms with van der Waals surface area (Å²) >= 11 is 0. The van der Waals surface area contributed by atoms with Crippen molar-refractivity contribution in [1.82, 2.24) is 4.90 Å². The van der Waals surface area contributed by atoms with Crippen LogP contribution in [0.5, 0.6) is 5.75 Å². The average molecular weight is 289 g/mol. The zero-order valence-corrected chi connectivity index (χ0v) is 13.5. The number of hydrogen-bond acceptors (Lipinski definition) is 3. The van der Waals surface area contributed by atoms with E-state index < -0.39 is 0 Å². The lowest BCUT2D eigenvalue weighted by Crippen LogP contribution is -2.19. The summed E-state index contributed by atoms with van der Waals surface area (Å²) in [7, 11) is 3.82. The van der Waals surface area contributed by atoms with Crippen LogP contribution in [0, 0.1) is 11.8 Å². The van der Waals surface area contributed by atoms with E-state index in [1.54, 1.807) is 7.11 Å². The van der Waals surface area contributed by atoms with Gasteiger partial charge < -0.3 is 14.7 Å². The van der Waals surface area contributed by atoms with Crippen molar-refractivity contribution in [3.8, 4) is 17.6 Å². The molecule has 0 heterocycles. The molecule has 0 saturated heterocycles. The molecule has 0 unspecified atom stereocenters. The van der Waals surface area contributed by atoms with Crippen LogP contribution in [0.3, 0.4) is 0 Å². The second-order valence-electron chi connectivity index (χ2n) is 5.24. The zero-order valence-electron chi connectivity index (χ0n) is 13.5. The lowest BCUT2D eigenvalue weighted by molar-refractivity contribution is 0.305. The molecule has 3 nitrogen and oxygen atoms in total. The Balaban J connectivity index is 2.79. The highest BCUT2D eigenvalue weighted by Crippen LogP contribution is 2.19. The molecule has 3 heteroatoms. The third kappa shape index (κ3) is 6.66. The first-order valence-corrected chi connectivity index (χ1v) is 7.66. The van der Waals surface area contributed by atoms with Crippen LogP contribution in [0.1, 0.15) is 43.7 Å². The maximum atomic E-state index is 8.83. The predicted molar refractivity (Wildman–Crippen MR) is 87.4 cm³/mol. The Morgan fingerprint density at radius 1 is 1.29 bits per heavy atom. The number of methoxy groups -OCH3 is 1. The van der Waals surface area contributed by atoms with Gasteiger partial charge in [0.25, 0.3) is 0 Å². The van der Waals surface area contributed by atoms with Gasteiger partial charge in [-0.1, -0.05) is 31.6 Å². The fraction of sp³-hybridized carbons (Fsp3) is 0.556. The van der Waals surface area contributed by atoms with Crippen LogP contribution in [0.15, 0.2) is 18.2 Å². The average Bonchev–Trinajstić information content (AvgIpc) is 2.49.